The van der Waals surface area contributed by atoms with Crippen molar-refractivity contribution in [2.45, 2.75) is 38.3 Å². The van der Waals surface area contributed by atoms with E-state index in [1.54, 1.807) is 0 Å². The normalized spacial score (nSPS) is 22.3. The van der Waals surface area contributed by atoms with Crippen LogP contribution in [0.2, 0.25) is 0 Å². The first kappa shape index (κ1) is 13.4. The second-order valence-electron chi connectivity index (χ2n) is 4.90. The van der Waals surface area contributed by atoms with E-state index in [-0.39, 0.29) is 6.04 Å². The summed E-state index contributed by atoms with van der Waals surface area (Å²) in [6.45, 7) is 3.49. The van der Waals surface area contributed by atoms with Crippen molar-refractivity contribution in [1.29, 1.82) is 0 Å². The third kappa shape index (κ3) is 2.70. The van der Waals surface area contributed by atoms with Gasteiger partial charge in [-0.1, -0.05) is 6.92 Å². The number of halogens is 2. The highest BCUT2D eigenvalue weighted by atomic mass is 19.1. The molecular weight excluding hydrogens is 234 g/mol. The predicted octanol–water partition coefficient (Wildman–Crippen LogP) is 2.84. The Balaban J connectivity index is 2.27. The molecule has 0 amide bonds. The van der Waals surface area contributed by atoms with Crippen LogP contribution in [0.15, 0.2) is 18.2 Å². The van der Waals surface area contributed by atoms with Gasteiger partial charge in [0.2, 0.25) is 0 Å². The van der Waals surface area contributed by atoms with Crippen molar-refractivity contribution in [3.8, 4) is 0 Å². The van der Waals surface area contributed by atoms with E-state index in [9.17, 15) is 8.78 Å². The number of benzene rings is 1. The van der Waals surface area contributed by atoms with Gasteiger partial charge in [0.1, 0.15) is 11.6 Å². The zero-order valence-electron chi connectivity index (χ0n) is 10.7. The topological polar surface area (TPSA) is 29.3 Å². The van der Waals surface area contributed by atoms with Gasteiger partial charge >= 0.3 is 0 Å². The van der Waals surface area contributed by atoms with Crippen LogP contribution in [0.4, 0.5) is 8.78 Å². The van der Waals surface area contributed by atoms with Crippen LogP contribution in [0.1, 0.15) is 37.8 Å². The second-order valence-corrected chi connectivity index (χ2v) is 4.90. The fraction of sp³-hybridized carbons (Fsp3) is 0.571. The lowest BCUT2D eigenvalue weighted by atomic mass is 10.0. The Kier molecular flexibility index (Phi) is 4.30. The van der Waals surface area contributed by atoms with Gasteiger partial charge in [-0.05, 0) is 43.5 Å². The number of hydrogen-bond acceptors (Lipinski definition) is 2. The summed E-state index contributed by atoms with van der Waals surface area (Å²) >= 11 is 0. The van der Waals surface area contributed by atoms with Crippen LogP contribution >= 0.6 is 0 Å². The fourth-order valence-corrected chi connectivity index (χ4v) is 2.94. The molecule has 4 heteroatoms. The molecule has 1 aromatic carbocycles. The summed E-state index contributed by atoms with van der Waals surface area (Å²) in [7, 11) is 0. The molecule has 1 aliphatic rings. The summed E-state index contributed by atoms with van der Waals surface area (Å²) in [6.07, 6.45) is 3.33. The molecule has 0 saturated carbocycles. The van der Waals surface area contributed by atoms with E-state index in [0.29, 0.717) is 18.2 Å². The van der Waals surface area contributed by atoms with E-state index in [1.165, 1.54) is 12.1 Å². The summed E-state index contributed by atoms with van der Waals surface area (Å²) in [5, 5.41) is 0. The van der Waals surface area contributed by atoms with Gasteiger partial charge in [-0.3, -0.25) is 4.90 Å². The largest absolute Gasteiger partial charge is 0.329 e. The lowest BCUT2D eigenvalue weighted by Gasteiger charge is -2.32. The van der Waals surface area contributed by atoms with Crippen LogP contribution in [0.25, 0.3) is 0 Å². The Morgan fingerprint density at radius 1 is 1.33 bits per heavy atom. The number of rotatable bonds is 4. The van der Waals surface area contributed by atoms with Crippen molar-refractivity contribution in [2.75, 3.05) is 13.1 Å². The van der Waals surface area contributed by atoms with Gasteiger partial charge in [0.05, 0.1) is 0 Å². The molecule has 0 spiro atoms. The average Bonchev–Trinajstić information content (AvgIpc) is 2.77. The quantitative estimate of drug-likeness (QED) is 0.895. The van der Waals surface area contributed by atoms with Gasteiger partial charge in [-0.15, -0.1) is 0 Å². The monoisotopic (exact) mass is 254 g/mol. The van der Waals surface area contributed by atoms with Crippen molar-refractivity contribution in [3.63, 3.8) is 0 Å². The molecule has 1 aliphatic heterocycles. The number of nitrogens with two attached hydrogens (primary N) is 1. The molecule has 1 heterocycles. The molecular formula is C14H20F2N2. The second kappa shape index (κ2) is 5.76. The molecule has 2 rings (SSSR count). The maximum atomic E-state index is 13.3. The van der Waals surface area contributed by atoms with Crippen LogP contribution in [0.5, 0.6) is 0 Å². The Bertz CT molecular complexity index is 389. The molecule has 2 atom stereocenters. The smallest absolute Gasteiger partial charge is 0.126 e. The van der Waals surface area contributed by atoms with Crippen LogP contribution in [-0.2, 0) is 0 Å². The molecule has 0 aromatic heterocycles. The van der Waals surface area contributed by atoms with Crippen LogP contribution in [0.3, 0.4) is 0 Å². The van der Waals surface area contributed by atoms with Crippen LogP contribution < -0.4 is 5.73 Å². The van der Waals surface area contributed by atoms with Gasteiger partial charge < -0.3 is 5.73 Å². The molecule has 1 saturated heterocycles. The van der Waals surface area contributed by atoms with Crippen molar-refractivity contribution in [1.82, 2.24) is 4.90 Å². The fourth-order valence-electron chi connectivity index (χ4n) is 2.94. The molecule has 18 heavy (non-hydrogen) atoms. The first-order valence-corrected chi connectivity index (χ1v) is 6.57. The van der Waals surface area contributed by atoms with E-state index in [1.807, 2.05) is 0 Å². The maximum Gasteiger partial charge on any atom is 0.126 e. The van der Waals surface area contributed by atoms with Gasteiger partial charge in [-0.2, -0.15) is 0 Å². The van der Waals surface area contributed by atoms with Gasteiger partial charge in [0.25, 0.3) is 0 Å². The first-order chi connectivity index (χ1) is 8.65. The van der Waals surface area contributed by atoms with Crippen LogP contribution in [0, 0.1) is 11.6 Å². The zero-order valence-corrected chi connectivity index (χ0v) is 10.7. The number of likely N-dealkylation sites (tertiary alicyclic amines) is 1. The average molecular weight is 254 g/mol. The minimum atomic E-state index is -0.532. The summed E-state index contributed by atoms with van der Waals surface area (Å²) in [5.74, 6) is -1.06. The third-order valence-electron chi connectivity index (χ3n) is 3.79. The van der Waals surface area contributed by atoms with E-state index < -0.39 is 11.6 Å². The zero-order chi connectivity index (χ0) is 13.1. The molecule has 1 fully saturated rings. The van der Waals surface area contributed by atoms with E-state index >= 15 is 0 Å². The number of nitrogens with zero attached hydrogens (tertiary/aromatic N) is 1. The highest BCUT2D eigenvalue weighted by Gasteiger charge is 2.30. The summed E-state index contributed by atoms with van der Waals surface area (Å²) in [5.41, 5.74) is 6.46. The highest BCUT2D eigenvalue weighted by Crippen LogP contribution is 2.30. The molecule has 2 nitrogen and oxygen atoms in total. The highest BCUT2D eigenvalue weighted by molar-refractivity contribution is 5.22. The van der Waals surface area contributed by atoms with Gasteiger partial charge in [0.15, 0.2) is 0 Å². The van der Waals surface area contributed by atoms with Gasteiger partial charge in [-0.25, -0.2) is 8.78 Å². The van der Waals surface area contributed by atoms with E-state index in [2.05, 4.69) is 11.8 Å². The Morgan fingerprint density at radius 3 is 2.56 bits per heavy atom. The van der Waals surface area contributed by atoms with E-state index in [4.69, 9.17) is 5.73 Å². The molecule has 100 valence electrons. The van der Waals surface area contributed by atoms with Crippen molar-refractivity contribution < 1.29 is 8.78 Å². The van der Waals surface area contributed by atoms with Crippen molar-refractivity contribution in [3.05, 3.63) is 35.4 Å². The summed E-state index contributed by atoms with van der Waals surface area (Å²) < 4.78 is 26.6. The molecule has 2 unspecified atom stereocenters. The lowest BCUT2D eigenvalue weighted by molar-refractivity contribution is 0.180. The van der Waals surface area contributed by atoms with Crippen molar-refractivity contribution in [2.24, 2.45) is 5.73 Å². The molecule has 1 aromatic rings. The molecule has 0 bridgehead atoms. The molecule has 2 N–H and O–H groups in total. The minimum absolute atomic E-state index is 0.0809. The predicted molar refractivity (Wildman–Crippen MR) is 68.2 cm³/mol. The summed E-state index contributed by atoms with van der Waals surface area (Å²) in [4.78, 5) is 2.29. The lowest BCUT2D eigenvalue weighted by Crippen LogP contribution is -2.37. The van der Waals surface area contributed by atoms with Gasteiger partial charge in [0, 0.05) is 24.7 Å². The first-order valence-electron chi connectivity index (χ1n) is 6.57. The van der Waals surface area contributed by atoms with E-state index in [0.717, 1.165) is 31.9 Å². The molecule has 0 radical (unpaired) electrons. The molecule has 0 aliphatic carbocycles. The van der Waals surface area contributed by atoms with Crippen LogP contribution in [-0.4, -0.2) is 24.0 Å². The Hall–Kier alpha value is -1.00. The minimum Gasteiger partial charge on any atom is -0.329 e. The van der Waals surface area contributed by atoms with Crippen molar-refractivity contribution >= 4 is 0 Å². The number of hydrogen-bond donors (Lipinski definition) is 1. The Morgan fingerprint density at radius 2 is 2.00 bits per heavy atom. The maximum absolute atomic E-state index is 13.3. The summed E-state index contributed by atoms with van der Waals surface area (Å²) in [6, 6.07) is 4.09. The Labute approximate surface area is 107 Å². The SMILES string of the molecule is CCC1CCCN1C(CN)c1cc(F)cc(F)c1. The standard InChI is InChI=1S/C14H20F2N2/c1-2-13-4-3-5-18(13)14(9-17)10-6-11(15)8-12(16)7-10/h6-8,13-14H,2-5,9,17H2,1H3. The third-order valence-corrected chi connectivity index (χ3v) is 3.79.